The lowest BCUT2D eigenvalue weighted by molar-refractivity contribution is -0.135. The Hall–Kier alpha value is -2.67. The van der Waals surface area contributed by atoms with Gasteiger partial charge in [-0.05, 0) is 30.9 Å². The number of rotatable bonds is 7. The molecular formula is C23H26BrN3O3. The number of halogens is 1. The number of nitrogens with zero attached hydrogens (tertiary/aromatic N) is 1. The van der Waals surface area contributed by atoms with Gasteiger partial charge < -0.3 is 10.6 Å². The molecule has 0 spiro atoms. The zero-order valence-electron chi connectivity index (χ0n) is 17.3. The molecule has 2 N–H and O–H groups in total. The normalized spacial score (nSPS) is 19.7. The lowest BCUT2D eigenvalue weighted by Crippen LogP contribution is -2.44. The fraction of sp³-hybridized carbons (Fsp3) is 0.348. The molecule has 0 aliphatic carbocycles. The average molecular weight is 472 g/mol. The molecular weight excluding hydrogens is 446 g/mol. The highest BCUT2D eigenvalue weighted by Crippen LogP contribution is 2.33. The standard InChI is InChI=1S/C23H26BrN3O3/c1-15(2)13-19(16-9-5-4-6-10-16)25-20(28)14-27-21(29)23(3,26-22(27)30)17-11-7-8-12-18(17)24/h4-12,15,19H,13-14H2,1-3H3,(H,25,28)(H,26,30). The molecule has 3 rings (SSSR count). The van der Waals surface area contributed by atoms with Crippen LogP contribution in [-0.4, -0.2) is 29.3 Å². The van der Waals surface area contributed by atoms with Crippen molar-refractivity contribution in [3.8, 4) is 0 Å². The second kappa shape index (κ2) is 9.00. The molecule has 2 unspecified atom stereocenters. The van der Waals surface area contributed by atoms with Crippen LogP contribution < -0.4 is 10.6 Å². The summed E-state index contributed by atoms with van der Waals surface area (Å²) in [4.78, 5) is 39.4. The fourth-order valence-electron chi connectivity index (χ4n) is 3.71. The molecule has 2 atom stereocenters. The van der Waals surface area contributed by atoms with Crippen LogP contribution in [0.3, 0.4) is 0 Å². The Balaban J connectivity index is 1.75. The van der Waals surface area contributed by atoms with Crippen LogP contribution in [0.4, 0.5) is 4.79 Å². The number of carbonyl (C=O) groups is 3. The van der Waals surface area contributed by atoms with Gasteiger partial charge in [-0.1, -0.05) is 78.3 Å². The van der Waals surface area contributed by atoms with E-state index < -0.39 is 17.5 Å². The van der Waals surface area contributed by atoms with Gasteiger partial charge in [-0.3, -0.25) is 14.5 Å². The molecule has 2 aromatic carbocycles. The first-order chi connectivity index (χ1) is 14.2. The van der Waals surface area contributed by atoms with E-state index in [1.165, 1.54) is 0 Å². The number of benzene rings is 2. The van der Waals surface area contributed by atoms with Crippen LogP contribution in [0, 0.1) is 5.92 Å². The molecule has 1 aliphatic rings. The van der Waals surface area contributed by atoms with E-state index in [0.717, 1.165) is 16.9 Å². The van der Waals surface area contributed by atoms with Crippen LogP contribution in [0.25, 0.3) is 0 Å². The molecule has 1 aliphatic heterocycles. The predicted octanol–water partition coefficient (Wildman–Crippen LogP) is 4.12. The molecule has 158 valence electrons. The van der Waals surface area contributed by atoms with E-state index in [-0.39, 0.29) is 18.5 Å². The molecule has 1 fully saturated rings. The Labute approximate surface area is 185 Å². The number of imide groups is 1. The Kier molecular flexibility index (Phi) is 6.61. The Morgan fingerprint density at radius 2 is 1.73 bits per heavy atom. The average Bonchev–Trinajstić information content (AvgIpc) is 2.92. The molecule has 0 bridgehead atoms. The Morgan fingerprint density at radius 1 is 1.10 bits per heavy atom. The van der Waals surface area contributed by atoms with E-state index in [2.05, 4.69) is 40.4 Å². The minimum Gasteiger partial charge on any atom is -0.348 e. The monoisotopic (exact) mass is 471 g/mol. The van der Waals surface area contributed by atoms with Crippen molar-refractivity contribution in [1.29, 1.82) is 0 Å². The third-order valence-electron chi connectivity index (χ3n) is 5.23. The van der Waals surface area contributed by atoms with Gasteiger partial charge in [0.2, 0.25) is 5.91 Å². The van der Waals surface area contributed by atoms with Crippen molar-refractivity contribution in [2.45, 2.75) is 38.8 Å². The molecule has 0 aromatic heterocycles. The minimum atomic E-state index is -1.23. The van der Waals surface area contributed by atoms with Crippen LogP contribution >= 0.6 is 15.9 Å². The van der Waals surface area contributed by atoms with E-state index in [1.54, 1.807) is 19.1 Å². The number of nitrogens with one attached hydrogen (secondary N) is 2. The van der Waals surface area contributed by atoms with Gasteiger partial charge in [0.15, 0.2) is 0 Å². The van der Waals surface area contributed by atoms with Crippen LogP contribution in [0.15, 0.2) is 59.1 Å². The maximum atomic E-state index is 13.1. The Bertz CT molecular complexity index is 948. The smallest absolute Gasteiger partial charge is 0.325 e. The van der Waals surface area contributed by atoms with Gasteiger partial charge in [-0.15, -0.1) is 0 Å². The van der Waals surface area contributed by atoms with Crippen molar-refractivity contribution in [2.75, 3.05) is 6.54 Å². The summed E-state index contributed by atoms with van der Waals surface area (Å²) in [6.07, 6.45) is 0.755. The van der Waals surface area contributed by atoms with Crippen molar-refractivity contribution in [1.82, 2.24) is 15.5 Å². The maximum Gasteiger partial charge on any atom is 0.325 e. The largest absolute Gasteiger partial charge is 0.348 e. The predicted molar refractivity (Wildman–Crippen MR) is 119 cm³/mol. The summed E-state index contributed by atoms with van der Waals surface area (Å²) in [5.41, 5.74) is 0.414. The van der Waals surface area contributed by atoms with Crippen molar-refractivity contribution < 1.29 is 14.4 Å². The van der Waals surface area contributed by atoms with Gasteiger partial charge >= 0.3 is 6.03 Å². The van der Waals surface area contributed by atoms with E-state index >= 15 is 0 Å². The Morgan fingerprint density at radius 3 is 2.37 bits per heavy atom. The van der Waals surface area contributed by atoms with Crippen LogP contribution in [-0.2, 0) is 15.1 Å². The van der Waals surface area contributed by atoms with Gasteiger partial charge in [-0.2, -0.15) is 0 Å². The van der Waals surface area contributed by atoms with E-state index in [9.17, 15) is 14.4 Å². The minimum absolute atomic E-state index is 0.186. The first kappa shape index (κ1) is 22.0. The SMILES string of the molecule is CC(C)CC(NC(=O)CN1C(=O)NC(C)(c2ccccc2Br)C1=O)c1ccccc1. The first-order valence-electron chi connectivity index (χ1n) is 9.95. The van der Waals surface area contributed by atoms with Crippen LogP contribution in [0.2, 0.25) is 0 Å². The second-order valence-corrected chi connectivity index (χ2v) is 8.94. The topological polar surface area (TPSA) is 78.5 Å². The molecule has 7 heteroatoms. The van der Waals surface area contributed by atoms with Crippen LogP contribution in [0.1, 0.15) is 44.4 Å². The summed E-state index contributed by atoms with van der Waals surface area (Å²) in [7, 11) is 0. The number of urea groups is 1. The molecule has 1 saturated heterocycles. The maximum absolute atomic E-state index is 13.1. The summed E-state index contributed by atoms with van der Waals surface area (Å²) in [5.74, 6) is -0.454. The van der Waals surface area contributed by atoms with Crippen molar-refractivity contribution in [3.05, 3.63) is 70.2 Å². The van der Waals surface area contributed by atoms with E-state index in [0.29, 0.717) is 16.0 Å². The van der Waals surface area contributed by atoms with Gasteiger partial charge in [-0.25, -0.2) is 4.79 Å². The van der Waals surface area contributed by atoms with Crippen molar-refractivity contribution >= 4 is 33.8 Å². The highest BCUT2D eigenvalue weighted by molar-refractivity contribution is 9.10. The summed E-state index contributed by atoms with van der Waals surface area (Å²) < 4.78 is 0.716. The molecule has 2 aromatic rings. The molecule has 0 radical (unpaired) electrons. The molecule has 6 nitrogen and oxygen atoms in total. The zero-order chi connectivity index (χ0) is 21.9. The zero-order valence-corrected chi connectivity index (χ0v) is 18.9. The highest BCUT2D eigenvalue weighted by atomic mass is 79.9. The van der Waals surface area contributed by atoms with Gasteiger partial charge in [0, 0.05) is 10.0 Å². The van der Waals surface area contributed by atoms with Gasteiger partial charge in [0.05, 0.1) is 6.04 Å². The molecule has 0 saturated carbocycles. The summed E-state index contributed by atoms with van der Waals surface area (Å²) in [6, 6.07) is 16.2. The third-order valence-corrected chi connectivity index (χ3v) is 5.92. The number of carbonyl (C=O) groups excluding carboxylic acids is 3. The summed E-state index contributed by atoms with van der Waals surface area (Å²) in [6.45, 7) is 5.49. The van der Waals surface area contributed by atoms with E-state index in [4.69, 9.17) is 0 Å². The number of hydrogen-bond acceptors (Lipinski definition) is 3. The first-order valence-corrected chi connectivity index (χ1v) is 10.7. The van der Waals surface area contributed by atoms with Gasteiger partial charge in [0.25, 0.3) is 5.91 Å². The lowest BCUT2D eigenvalue weighted by Gasteiger charge is -2.24. The van der Waals surface area contributed by atoms with Crippen LogP contribution in [0.5, 0.6) is 0 Å². The highest BCUT2D eigenvalue weighted by Gasteiger charge is 2.50. The molecule has 4 amide bonds. The van der Waals surface area contributed by atoms with E-state index in [1.807, 2.05) is 42.5 Å². The summed E-state index contributed by atoms with van der Waals surface area (Å²) in [5, 5.41) is 5.73. The molecule has 30 heavy (non-hydrogen) atoms. The fourth-order valence-corrected chi connectivity index (χ4v) is 4.39. The summed E-state index contributed by atoms with van der Waals surface area (Å²) >= 11 is 3.44. The van der Waals surface area contributed by atoms with Gasteiger partial charge in [0.1, 0.15) is 12.1 Å². The quantitative estimate of drug-likeness (QED) is 0.596. The number of hydrogen-bond donors (Lipinski definition) is 2. The van der Waals surface area contributed by atoms with Crippen molar-refractivity contribution in [2.24, 2.45) is 5.92 Å². The lowest BCUT2D eigenvalue weighted by atomic mass is 9.92. The second-order valence-electron chi connectivity index (χ2n) is 8.09. The third kappa shape index (κ3) is 4.56. The number of amides is 4. The van der Waals surface area contributed by atoms with Crippen molar-refractivity contribution in [3.63, 3.8) is 0 Å². The molecule has 1 heterocycles.